The van der Waals surface area contributed by atoms with Crippen molar-refractivity contribution >= 4 is 28.6 Å². The highest BCUT2D eigenvalue weighted by Gasteiger charge is 2.46. The predicted molar refractivity (Wildman–Crippen MR) is 149 cm³/mol. The van der Waals surface area contributed by atoms with Crippen LogP contribution in [0.2, 0.25) is 0 Å². The molecule has 0 amide bonds. The van der Waals surface area contributed by atoms with Crippen molar-refractivity contribution in [3.8, 4) is 0 Å². The Balaban J connectivity index is 1.57. The maximum Gasteiger partial charge on any atom is 0.335 e. The van der Waals surface area contributed by atoms with E-state index in [9.17, 15) is 4.79 Å². The van der Waals surface area contributed by atoms with Crippen LogP contribution in [0.5, 0.6) is 0 Å². The first-order chi connectivity index (χ1) is 18.2. The second kappa shape index (κ2) is 14.6. The van der Waals surface area contributed by atoms with Gasteiger partial charge in [-0.1, -0.05) is 114 Å². The number of benzene rings is 3. The van der Waals surface area contributed by atoms with Crippen LogP contribution in [-0.2, 0) is 48.3 Å². The Kier molecular flexibility index (Phi) is 10.9. The molecule has 196 valence electrons. The molecule has 6 nitrogen and oxygen atoms in total. The zero-order valence-electron chi connectivity index (χ0n) is 20.9. The van der Waals surface area contributed by atoms with Crippen LogP contribution in [0, 0.1) is 0 Å². The first kappa shape index (κ1) is 27.7. The summed E-state index contributed by atoms with van der Waals surface area (Å²) in [6.45, 7) is 1.22. The van der Waals surface area contributed by atoms with Crippen LogP contribution in [0.1, 0.15) is 23.1 Å². The summed E-state index contributed by atoms with van der Waals surface area (Å²) in [6, 6.07) is 30.0. The summed E-state index contributed by atoms with van der Waals surface area (Å²) >= 11 is 2.30. The number of hydrogen-bond donors (Lipinski definition) is 0. The molecule has 7 heteroatoms. The minimum atomic E-state index is -0.766. The Morgan fingerprint density at radius 3 is 1.86 bits per heavy atom. The molecule has 0 spiro atoms. The van der Waals surface area contributed by atoms with E-state index in [4.69, 9.17) is 23.7 Å². The molecule has 0 saturated carbocycles. The highest BCUT2D eigenvalue weighted by atomic mass is 127. The summed E-state index contributed by atoms with van der Waals surface area (Å²) in [5.74, 6) is -0.421. The number of ether oxygens (including phenoxy) is 5. The fraction of sp³-hybridized carbons (Fsp3) is 0.367. The van der Waals surface area contributed by atoms with E-state index in [2.05, 4.69) is 22.6 Å². The molecule has 0 unspecified atom stereocenters. The number of halogens is 1. The monoisotopic (exact) mass is 616 g/mol. The van der Waals surface area contributed by atoms with Gasteiger partial charge in [0.2, 0.25) is 0 Å². The molecule has 37 heavy (non-hydrogen) atoms. The highest BCUT2D eigenvalue weighted by molar-refractivity contribution is 14.1. The van der Waals surface area contributed by atoms with Crippen LogP contribution >= 0.6 is 22.6 Å². The number of hydrogen-bond acceptors (Lipinski definition) is 6. The Labute approximate surface area is 232 Å². The molecule has 0 bridgehead atoms. The van der Waals surface area contributed by atoms with E-state index in [0.29, 0.717) is 30.7 Å². The van der Waals surface area contributed by atoms with Crippen molar-refractivity contribution in [1.29, 1.82) is 0 Å². The van der Waals surface area contributed by atoms with Crippen molar-refractivity contribution in [3.63, 3.8) is 0 Å². The summed E-state index contributed by atoms with van der Waals surface area (Å²) < 4.78 is 31.3. The SMILES string of the molecule is COC(=O)[C@@H]1C[C@@H](OCc2ccccc2)[C@@H](OCc2ccccc2)[C@@H]([C@@H](CI)OCc2ccccc2)O1. The van der Waals surface area contributed by atoms with Gasteiger partial charge in [-0.25, -0.2) is 4.79 Å². The average molecular weight is 616 g/mol. The molecule has 4 rings (SSSR count). The van der Waals surface area contributed by atoms with Gasteiger partial charge < -0.3 is 23.7 Å². The number of methoxy groups -OCH3 is 1. The molecule has 0 radical (unpaired) electrons. The minimum absolute atomic E-state index is 0.322. The van der Waals surface area contributed by atoms with Crippen molar-refractivity contribution < 1.29 is 28.5 Å². The standard InChI is InChI=1S/C30H33IO6/c1-33-30(32)26-17-25(34-19-22-11-5-2-6-12-22)28(36-21-24-15-9-4-10-16-24)29(37-26)27(18-31)35-20-23-13-7-3-8-14-23/h2-16,25-29H,17-21H2,1H3/t25-,26+,27-,28-,29-/m1/s1. The van der Waals surface area contributed by atoms with Crippen LogP contribution in [0.4, 0.5) is 0 Å². The topological polar surface area (TPSA) is 63.2 Å². The van der Waals surface area contributed by atoms with Gasteiger partial charge in [-0.2, -0.15) is 0 Å². The highest BCUT2D eigenvalue weighted by Crippen LogP contribution is 2.31. The Hall–Kier alpha value is -2.30. The number of rotatable bonds is 12. The zero-order valence-corrected chi connectivity index (χ0v) is 23.1. The van der Waals surface area contributed by atoms with Crippen molar-refractivity contribution in [2.24, 2.45) is 0 Å². The van der Waals surface area contributed by atoms with Crippen LogP contribution in [0.15, 0.2) is 91.0 Å². The summed E-state index contributed by atoms with van der Waals surface area (Å²) in [6.07, 6.45) is -2.11. The minimum Gasteiger partial charge on any atom is -0.467 e. The fourth-order valence-corrected chi connectivity index (χ4v) is 5.13. The molecule has 0 aromatic heterocycles. The van der Waals surface area contributed by atoms with Crippen LogP contribution in [0.25, 0.3) is 0 Å². The van der Waals surface area contributed by atoms with Crippen molar-refractivity contribution in [2.45, 2.75) is 56.8 Å². The molecule has 3 aromatic rings. The van der Waals surface area contributed by atoms with E-state index in [1.54, 1.807) is 0 Å². The van der Waals surface area contributed by atoms with E-state index in [0.717, 1.165) is 16.7 Å². The number of esters is 1. The Morgan fingerprint density at radius 1 is 0.838 bits per heavy atom. The number of alkyl halides is 1. The zero-order chi connectivity index (χ0) is 25.9. The maximum atomic E-state index is 12.6. The van der Waals surface area contributed by atoms with Gasteiger partial charge in [0, 0.05) is 10.8 Å². The second-order valence-electron chi connectivity index (χ2n) is 8.93. The van der Waals surface area contributed by atoms with Gasteiger partial charge >= 0.3 is 5.97 Å². The molecule has 0 N–H and O–H groups in total. The predicted octanol–water partition coefficient (Wildman–Crippen LogP) is 5.51. The van der Waals surface area contributed by atoms with Gasteiger partial charge in [0.05, 0.1) is 39.1 Å². The molecule has 1 saturated heterocycles. The maximum absolute atomic E-state index is 12.6. The van der Waals surface area contributed by atoms with Crippen LogP contribution < -0.4 is 0 Å². The second-order valence-corrected chi connectivity index (χ2v) is 9.81. The van der Waals surface area contributed by atoms with Gasteiger partial charge in [0.1, 0.15) is 12.2 Å². The van der Waals surface area contributed by atoms with Crippen molar-refractivity contribution in [2.75, 3.05) is 11.5 Å². The van der Waals surface area contributed by atoms with Gasteiger partial charge in [0.25, 0.3) is 0 Å². The lowest BCUT2D eigenvalue weighted by atomic mass is 9.94. The quantitative estimate of drug-likeness (QED) is 0.152. The Bertz CT molecular complexity index is 1070. The summed E-state index contributed by atoms with van der Waals surface area (Å²) in [4.78, 5) is 12.6. The first-order valence-electron chi connectivity index (χ1n) is 12.4. The fourth-order valence-electron chi connectivity index (χ4n) is 4.38. The third-order valence-electron chi connectivity index (χ3n) is 6.34. The Morgan fingerprint density at radius 2 is 1.35 bits per heavy atom. The van der Waals surface area contributed by atoms with Crippen molar-refractivity contribution in [3.05, 3.63) is 108 Å². The molecule has 1 fully saturated rings. The molecular weight excluding hydrogens is 583 g/mol. The van der Waals surface area contributed by atoms with Crippen LogP contribution in [0.3, 0.4) is 0 Å². The first-order valence-corrected chi connectivity index (χ1v) is 14.0. The average Bonchev–Trinajstić information content (AvgIpc) is 2.96. The summed E-state index contributed by atoms with van der Waals surface area (Å²) in [5, 5.41) is 0. The molecule has 1 heterocycles. The molecular formula is C30H33IO6. The van der Waals surface area contributed by atoms with E-state index < -0.39 is 30.4 Å². The third-order valence-corrected chi connectivity index (χ3v) is 7.21. The van der Waals surface area contributed by atoms with Crippen LogP contribution in [-0.4, -0.2) is 48.0 Å². The van der Waals surface area contributed by atoms with E-state index in [1.807, 2.05) is 91.0 Å². The smallest absolute Gasteiger partial charge is 0.335 e. The van der Waals surface area contributed by atoms with Crippen molar-refractivity contribution in [1.82, 2.24) is 0 Å². The lowest BCUT2D eigenvalue weighted by Crippen LogP contribution is -2.57. The van der Waals surface area contributed by atoms with E-state index in [1.165, 1.54) is 7.11 Å². The van der Waals surface area contributed by atoms with Gasteiger partial charge in [-0.3, -0.25) is 0 Å². The molecule has 3 aromatic carbocycles. The molecule has 1 aliphatic rings. The number of carbonyl (C=O) groups is 1. The molecule has 1 aliphatic heterocycles. The van der Waals surface area contributed by atoms with E-state index in [-0.39, 0.29) is 6.10 Å². The summed E-state index contributed by atoms with van der Waals surface area (Å²) in [7, 11) is 1.38. The lowest BCUT2D eigenvalue weighted by Gasteiger charge is -2.43. The number of carbonyl (C=O) groups excluding carboxylic acids is 1. The molecule has 5 atom stereocenters. The molecule has 0 aliphatic carbocycles. The van der Waals surface area contributed by atoms with Gasteiger partial charge in [-0.05, 0) is 16.7 Å². The van der Waals surface area contributed by atoms with E-state index >= 15 is 0 Å². The summed E-state index contributed by atoms with van der Waals surface area (Å²) in [5.41, 5.74) is 3.17. The normalized spacial score (nSPS) is 22.3. The largest absolute Gasteiger partial charge is 0.467 e. The lowest BCUT2D eigenvalue weighted by molar-refractivity contribution is -0.237. The van der Waals surface area contributed by atoms with Gasteiger partial charge in [-0.15, -0.1) is 0 Å². The van der Waals surface area contributed by atoms with Gasteiger partial charge in [0.15, 0.2) is 6.10 Å². The third kappa shape index (κ3) is 8.09.